The molecule has 21 heavy (non-hydrogen) atoms. The highest BCUT2D eigenvalue weighted by atomic mass is 32.2. The molecule has 0 aromatic heterocycles. The number of carbonyl (C=O) groups excluding carboxylic acids is 2. The number of hydrogen-bond acceptors (Lipinski definition) is 3. The van der Waals surface area contributed by atoms with Crippen molar-refractivity contribution >= 4 is 29.1 Å². The first-order valence-electron chi connectivity index (χ1n) is 6.57. The number of hydrogen-bond donors (Lipinski definition) is 0. The summed E-state index contributed by atoms with van der Waals surface area (Å²) in [5.74, 6) is 0.273. The predicted octanol–water partition coefficient (Wildman–Crippen LogP) is 3.49. The number of thioether (sulfide) groups is 1. The summed E-state index contributed by atoms with van der Waals surface area (Å²) in [4.78, 5) is 25.9. The van der Waals surface area contributed by atoms with Crippen molar-refractivity contribution in [1.82, 2.24) is 0 Å². The first-order chi connectivity index (χ1) is 10.3. The fourth-order valence-corrected chi connectivity index (χ4v) is 3.07. The summed E-state index contributed by atoms with van der Waals surface area (Å²) in [7, 11) is 0. The lowest BCUT2D eigenvalue weighted by molar-refractivity contribution is -0.115. The van der Waals surface area contributed by atoms with Gasteiger partial charge in [-0.05, 0) is 12.1 Å². The first kappa shape index (κ1) is 13.6. The standard InChI is InChI=1S/C17H13NO2S/c19-15(13-7-3-1-4-8-13)11-17-18(16(20)12-21-17)14-9-5-2-6-10-14/h1-11H,12H2/b17-11-. The van der Waals surface area contributed by atoms with Crippen LogP contribution < -0.4 is 4.90 Å². The number of amides is 1. The predicted molar refractivity (Wildman–Crippen MR) is 85.2 cm³/mol. The number of ketones is 1. The Morgan fingerprint density at radius 1 is 1.00 bits per heavy atom. The molecule has 0 unspecified atom stereocenters. The Morgan fingerprint density at radius 2 is 1.62 bits per heavy atom. The molecule has 1 saturated heterocycles. The monoisotopic (exact) mass is 295 g/mol. The van der Waals surface area contributed by atoms with Gasteiger partial charge >= 0.3 is 0 Å². The van der Waals surface area contributed by atoms with Crippen LogP contribution in [0.3, 0.4) is 0 Å². The van der Waals surface area contributed by atoms with Gasteiger partial charge in [0.1, 0.15) is 0 Å². The van der Waals surface area contributed by atoms with E-state index in [4.69, 9.17) is 0 Å². The number of allylic oxidation sites excluding steroid dienone is 1. The molecule has 2 aromatic carbocycles. The quantitative estimate of drug-likeness (QED) is 0.642. The third-order valence-corrected chi connectivity index (χ3v) is 4.13. The molecule has 4 heteroatoms. The van der Waals surface area contributed by atoms with Crippen molar-refractivity contribution in [1.29, 1.82) is 0 Å². The van der Waals surface area contributed by atoms with Crippen molar-refractivity contribution < 1.29 is 9.59 Å². The number of nitrogens with zero attached hydrogens (tertiary/aromatic N) is 1. The summed E-state index contributed by atoms with van der Waals surface area (Å²) in [5.41, 5.74) is 1.41. The minimum Gasteiger partial charge on any atom is -0.289 e. The van der Waals surface area contributed by atoms with Crippen LogP contribution in [0.5, 0.6) is 0 Å². The molecule has 104 valence electrons. The zero-order valence-electron chi connectivity index (χ0n) is 11.2. The van der Waals surface area contributed by atoms with Crippen molar-refractivity contribution in [3.05, 3.63) is 77.3 Å². The molecule has 0 atom stereocenters. The summed E-state index contributed by atoms with van der Waals surface area (Å²) in [6.45, 7) is 0. The third-order valence-electron chi connectivity index (χ3n) is 3.14. The van der Waals surface area contributed by atoms with E-state index >= 15 is 0 Å². The summed E-state index contributed by atoms with van der Waals surface area (Å²) in [5, 5.41) is 0.681. The molecule has 3 nitrogen and oxygen atoms in total. The highest BCUT2D eigenvalue weighted by Gasteiger charge is 2.28. The average molecular weight is 295 g/mol. The zero-order chi connectivity index (χ0) is 14.7. The first-order valence-corrected chi connectivity index (χ1v) is 7.56. The molecule has 0 radical (unpaired) electrons. The number of benzene rings is 2. The van der Waals surface area contributed by atoms with Crippen molar-refractivity contribution in [3.8, 4) is 0 Å². The Hall–Kier alpha value is -2.33. The molecular formula is C17H13NO2S. The molecule has 1 heterocycles. The van der Waals surface area contributed by atoms with Gasteiger partial charge in [0, 0.05) is 17.3 Å². The topological polar surface area (TPSA) is 37.4 Å². The fourth-order valence-electron chi connectivity index (χ4n) is 2.14. The van der Waals surface area contributed by atoms with Gasteiger partial charge in [-0.3, -0.25) is 14.5 Å². The molecule has 0 bridgehead atoms. The Balaban J connectivity index is 1.92. The molecule has 0 saturated carbocycles. The number of rotatable bonds is 3. The molecule has 3 rings (SSSR count). The van der Waals surface area contributed by atoms with Crippen LogP contribution in [0.1, 0.15) is 10.4 Å². The van der Waals surface area contributed by atoms with Crippen LogP contribution in [0, 0.1) is 0 Å². The summed E-state index contributed by atoms with van der Waals surface area (Å²) >= 11 is 1.39. The van der Waals surface area contributed by atoms with Crippen LogP contribution in [-0.4, -0.2) is 17.4 Å². The maximum Gasteiger partial charge on any atom is 0.242 e. The smallest absolute Gasteiger partial charge is 0.242 e. The van der Waals surface area contributed by atoms with E-state index in [1.807, 2.05) is 48.5 Å². The molecule has 1 aliphatic rings. The Labute approximate surface area is 127 Å². The van der Waals surface area contributed by atoms with E-state index in [-0.39, 0.29) is 11.7 Å². The second-order valence-electron chi connectivity index (χ2n) is 4.57. The molecule has 0 N–H and O–H groups in total. The largest absolute Gasteiger partial charge is 0.289 e. The molecule has 0 aliphatic carbocycles. The second-order valence-corrected chi connectivity index (χ2v) is 5.56. The van der Waals surface area contributed by atoms with Gasteiger partial charge in [-0.15, -0.1) is 0 Å². The zero-order valence-corrected chi connectivity index (χ0v) is 12.0. The van der Waals surface area contributed by atoms with E-state index in [0.29, 0.717) is 16.3 Å². The summed E-state index contributed by atoms with van der Waals surface area (Å²) in [6.07, 6.45) is 1.54. The van der Waals surface area contributed by atoms with Gasteiger partial charge in [-0.2, -0.15) is 0 Å². The number of carbonyl (C=O) groups is 2. The number of para-hydroxylation sites is 1. The van der Waals surface area contributed by atoms with E-state index in [0.717, 1.165) is 5.69 Å². The van der Waals surface area contributed by atoms with Crippen LogP contribution >= 0.6 is 11.8 Å². The molecular weight excluding hydrogens is 282 g/mol. The van der Waals surface area contributed by atoms with Gasteiger partial charge in [-0.25, -0.2) is 0 Å². The van der Waals surface area contributed by atoms with E-state index < -0.39 is 0 Å². The molecule has 1 aliphatic heterocycles. The van der Waals surface area contributed by atoms with Crippen molar-refractivity contribution in [2.24, 2.45) is 0 Å². The van der Waals surface area contributed by atoms with Crippen LogP contribution in [0.2, 0.25) is 0 Å². The van der Waals surface area contributed by atoms with Crippen LogP contribution in [0.25, 0.3) is 0 Å². The van der Waals surface area contributed by atoms with E-state index in [9.17, 15) is 9.59 Å². The Bertz CT molecular complexity index is 695. The summed E-state index contributed by atoms with van der Waals surface area (Å²) < 4.78 is 0. The lowest BCUT2D eigenvalue weighted by Crippen LogP contribution is -2.24. The van der Waals surface area contributed by atoms with Gasteiger partial charge in [0.15, 0.2) is 5.78 Å². The van der Waals surface area contributed by atoms with E-state index in [2.05, 4.69) is 0 Å². The Morgan fingerprint density at radius 3 is 2.29 bits per heavy atom. The SMILES string of the molecule is O=C(/C=C1\SCC(=O)N1c1ccccc1)c1ccccc1. The Kier molecular flexibility index (Phi) is 3.88. The average Bonchev–Trinajstić information content (AvgIpc) is 2.89. The number of anilines is 1. The van der Waals surface area contributed by atoms with E-state index in [1.54, 1.807) is 17.0 Å². The maximum absolute atomic E-state index is 12.3. The van der Waals surface area contributed by atoms with Crippen molar-refractivity contribution in [3.63, 3.8) is 0 Å². The minimum atomic E-state index is -0.0891. The van der Waals surface area contributed by atoms with Gasteiger partial charge in [0.25, 0.3) is 0 Å². The molecule has 1 fully saturated rings. The normalized spacial score (nSPS) is 16.5. The van der Waals surface area contributed by atoms with Crippen molar-refractivity contribution in [2.45, 2.75) is 0 Å². The molecule has 0 spiro atoms. The van der Waals surface area contributed by atoms with E-state index in [1.165, 1.54) is 17.8 Å². The lowest BCUT2D eigenvalue weighted by Gasteiger charge is -2.16. The van der Waals surface area contributed by atoms with Crippen LogP contribution in [0.4, 0.5) is 5.69 Å². The summed E-state index contributed by atoms with van der Waals surface area (Å²) in [6, 6.07) is 18.5. The van der Waals surface area contributed by atoms with Crippen molar-refractivity contribution in [2.75, 3.05) is 10.7 Å². The highest BCUT2D eigenvalue weighted by Crippen LogP contribution is 2.33. The van der Waals surface area contributed by atoms with Gasteiger partial charge in [0.05, 0.1) is 10.8 Å². The maximum atomic E-state index is 12.3. The fraction of sp³-hybridized carbons (Fsp3) is 0.0588. The van der Waals surface area contributed by atoms with Crippen LogP contribution in [-0.2, 0) is 4.79 Å². The molecule has 1 amide bonds. The highest BCUT2D eigenvalue weighted by molar-refractivity contribution is 8.04. The second kappa shape index (κ2) is 5.97. The van der Waals surface area contributed by atoms with Gasteiger partial charge in [0.2, 0.25) is 5.91 Å². The van der Waals surface area contributed by atoms with Gasteiger partial charge in [-0.1, -0.05) is 60.3 Å². The minimum absolute atomic E-state index is 0.00156. The van der Waals surface area contributed by atoms with Gasteiger partial charge < -0.3 is 0 Å². The third kappa shape index (κ3) is 2.90. The molecule has 2 aromatic rings. The lowest BCUT2D eigenvalue weighted by atomic mass is 10.1. The van der Waals surface area contributed by atoms with Crippen LogP contribution in [0.15, 0.2) is 71.8 Å².